The van der Waals surface area contributed by atoms with Crippen molar-refractivity contribution in [3.8, 4) is 6.01 Å². The highest BCUT2D eigenvalue weighted by atomic mass is 16.5. The molecular formula is C19H28N6O2. The molecule has 2 rings (SSSR count). The van der Waals surface area contributed by atoms with Crippen molar-refractivity contribution in [3.05, 3.63) is 41.5 Å². The van der Waals surface area contributed by atoms with Crippen LogP contribution < -0.4 is 20.4 Å². The summed E-state index contributed by atoms with van der Waals surface area (Å²) >= 11 is 0. The van der Waals surface area contributed by atoms with Crippen LogP contribution in [0.3, 0.4) is 0 Å². The van der Waals surface area contributed by atoms with Crippen molar-refractivity contribution in [2.75, 3.05) is 57.8 Å². The molecule has 0 aliphatic heterocycles. The van der Waals surface area contributed by atoms with Crippen molar-refractivity contribution in [3.63, 3.8) is 0 Å². The van der Waals surface area contributed by atoms with Gasteiger partial charge in [-0.25, -0.2) is 0 Å². The maximum atomic E-state index is 5.63. The van der Waals surface area contributed by atoms with E-state index in [0.717, 1.165) is 11.4 Å². The molecule has 0 aliphatic carbocycles. The zero-order valence-electron chi connectivity index (χ0n) is 16.4. The first kappa shape index (κ1) is 20.6. The summed E-state index contributed by atoms with van der Waals surface area (Å²) in [6.07, 6.45) is 1.75. The van der Waals surface area contributed by atoms with Crippen molar-refractivity contribution in [2.24, 2.45) is 5.10 Å². The molecule has 0 unspecified atom stereocenters. The van der Waals surface area contributed by atoms with Gasteiger partial charge in [0.25, 0.3) is 0 Å². The molecule has 1 aromatic heterocycles. The number of likely N-dealkylation sites (N-methyl/N-ethyl adjacent to an activating group) is 2. The fraction of sp³-hybridized carbons (Fsp3) is 0.421. The zero-order chi connectivity index (χ0) is 19.5. The Morgan fingerprint density at radius 2 is 2.07 bits per heavy atom. The van der Waals surface area contributed by atoms with E-state index in [2.05, 4.69) is 31.9 Å². The number of aryl methyl sites for hydroxylation is 1. The van der Waals surface area contributed by atoms with Crippen LogP contribution in [0.25, 0.3) is 0 Å². The Morgan fingerprint density at radius 1 is 1.22 bits per heavy atom. The van der Waals surface area contributed by atoms with Gasteiger partial charge in [-0.1, -0.05) is 29.8 Å². The van der Waals surface area contributed by atoms with Gasteiger partial charge in [0.1, 0.15) is 12.4 Å². The Kier molecular flexibility index (Phi) is 8.47. The minimum absolute atomic E-state index is 0.306. The number of methoxy groups -OCH3 is 1. The molecule has 0 atom stereocenters. The second-order valence-electron chi connectivity index (χ2n) is 6.04. The highest BCUT2D eigenvalue weighted by Crippen LogP contribution is 2.18. The van der Waals surface area contributed by atoms with Gasteiger partial charge >= 0.3 is 6.01 Å². The maximum absolute atomic E-state index is 5.63. The molecule has 1 aromatic carbocycles. The molecule has 8 nitrogen and oxygen atoms in total. The van der Waals surface area contributed by atoms with Gasteiger partial charge in [0.05, 0.1) is 12.8 Å². The summed E-state index contributed by atoms with van der Waals surface area (Å²) in [5, 5.41) is 7.30. The lowest BCUT2D eigenvalue weighted by atomic mass is 10.2. The van der Waals surface area contributed by atoms with E-state index in [-0.39, 0.29) is 0 Å². The Bertz CT molecular complexity index is 738. The fourth-order valence-corrected chi connectivity index (χ4v) is 2.24. The van der Waals surface area contributed by atoms with Crippen LogP contribution in [0, 0.1) is 6.92 Å². The Morgan fingerprint density at radius 3 is 2.81 bits per heavy atom. The van der Waals surface area contributed by atoms with Gasteiger partial charge in [0.2, 0.25) is 0 Å². The van der Waals surface area contributed by atoms with E-state index < -0.39 is 0 Å². The number of hydrogen-bond donors (Lipinski definition) is 2. The summed E-state index contributed by atoms with van der Waals surface area (Å²) in [5.74, 6) is 1.29. The summed E-state index contributed by atoms with van der Waals surface area (Å²) in [6, 6.07) is 10.2. The molecule has 0 spiro atoms. The van der Waals surface area contributed by atoms with E-state index in [4.69, 9.17) is 9.47 Å². The molecule has 2 N–H and O–H groups in total. The van der Waals surface area contributed by atoms with Gasteiger partial charge in [-0.3, -0.25) is 5.43 Å². The average Bonchev–Trinajstić information content (AvgIpc) is 2.66. The molecule has 0 radical (unpaired) electrons. The largest absolute Gasteiger partial charge is 0.462 e. The molecule has 2 aromatic rings. The quantitative estimate of drug-likeness (QED) is 0.354. The van der Waals surface area contributed by atoms with E-state index in [9.17, 15) is 0 Å². The highest BCUT2D eigenvalue weighted by Gasteiger charge is 2.09. The first-order valence-corrected chi connectivity index (χ1v) is 8.84. The monoisotopic (exact) mass is 372 g/mol. The Balaban J connectivity index is 2.13. The highest BCUT2D eigenvalue weighted by molar-refractivity contribution is 5.80. The number of anilines is 2. The van der Waals surface area contributed by atoms with Crippen molar-refractivity contribution in [2.45, 2.75) is 6.92 Å². The lowest BCUT2D eigenvalue weighted by molar-refractivity contribution is 0.206. The molecule has 0 aliphatic rings. The number of hydrazone groups is 1. The maximum Gasteiger partial charge on any atom is 0.320 e. The summed E-state index contributed by atoms with van der Waals surface area (Å²) < 4.78 is 10.8. The molecule has 8 heteroatoms. The van der Waals surface area contributed by atoms with Gasteiger partial charge in [-0.15, -0.1) is 0 Å². The van der Waals surface area contributed by atoms with Crippen LogP contribution in [0.5, 0.6) is 6.01 Å². The topological polar surface area (TPSA) is 83.9 Å². The van der Waals surface area contributed by atoms with Gasteiger partial charge in [0.15, 0.2) is 5.82 Å². The smallest absolute Gasteiger partial charge is 0.320 e. The second kappa shape index (κ2) is 11.1. The first-order valence-electron chi connectivity index (χ1n) is 8.84. The third-order valence-electron chi connectivity index (χ3n) is 3.73. The van der Waals surface area contributed by atoms with E-state index in [1.54, 1.807) is 13.3 Å². The van der Waals surface area contributed by atoms with E-state index in [1.165, 1.54) is 5.56 Å². The summed E-state index contributed by atoms with van der Waals surface area (Å²) in [5.41, 5.74) is 5.16. The Labute approximate surface area is 160 Å². The molecule has 1 heterocycles. The number of hydrogen-bond acceptors (Lipinski definition) is 8. The zero-order valence-corrected chi connectivity index (χ0v) is 16.4. The number of benzene rings is 1. The van der Waals surface area contributed by atoms with Crippen LogP contribution in [0.1, 0.15) is 11.1 Å². The minimum Gasteiger partial charge on any atom is -0.462 e. The van der Waals surface area contributed by atoms with Crippen molar-refractivity contribution in [1.29, 1.82) is 0 Å². The van der Waals surface area contributed by atoms with Crippen LogP contribution in [0.2, 0.25) is 0 Å². The van der Waals surface area contributed by atoms with E-state index >= 15 is 0 Å². The van der Waals surface area contributed by atoms with E-state index in [1.807, 2.05) is 50.2 Å². The normalized spacial score (nSPS) is 11.0. The molecule has 0 saturated heterocycles. The van der Waals surface area contributed by atoms with Crippen molar-refractivity contribution >= 4 is 17.9 Å². The third-order valence-corrected chi connectivity index (χ3v) is 3.73. The first-order chi connectivity index (χ1) is 13.1. The van der Waals surface area contributed by atoms with Gasteiger partial charge in [-0.2, -0.15) is 15.1 Å². The lowest BCUT2D eigenvalue weighted by Crippen LogP contribution is -2.24. The average molecular weight is 372 g/mol. The molecule has 27 heavy (non-hydrogen) atoms. The minimum atomic E-state index is 0.306. The Hall–Kier alpha value is -2.71. The number of aromatic nitrogens is 2. The number of nitrogens with zero attached hydrogens (tertiary/aromatic N) is 4. The van der Waals surface area contributed by atoms with Crippen molar-refractivity contribution in [1.82, 2.24) is 15.3 Å². The predicted octanol–water partition coefficient (Wildman–Crippen LogP) is 1.91. The lowest BCUT2D eigenvalue weighted by Gasteiger charge is -2.18. The SMILES string of the molecule is CNCCOc1nc(NN=Cc2cccc(C)c2)cc(N(C)CCOC)n1. The molecule has 0 saturated carbocycles. The third kappa shape index (κ3) is 7.20. The molecule has 146 valence electrons. The van der Waals surface area contributed by atoms with Crippen LogP contribution in [0.4, 0.5) is 11.6 Å². The molecule has 0 fully saturated rings. The predicted molar refractivity (Wildman–Crippen MR) is 109 cm³/mol. The number of nitrogens with one attached hydrogen (secondary N) is 2. The van der Waals surface area contributed by atoms with Crippen LogP contribution >= 0.6 is 0 Å². The van der Waals surface area contributed by atoms with Crippen LogP contribution in [0.15, 0.2) is 35.4 Å². The summed E-state index contributed by atoms with van der Waals surface area (Å²) in [4.78, 5) is 10.8. The van der Waals surface area contributed by atoms with Gasteiger partial charge in [0, 0.05) is 33.3 Å². The van der Waals surface area contributed by atoms with Crippen LogP contribution in [-0.4, -0.2) is 63.7 Å². The fourth-order valence-electron chi connectivity index (χ4n) is 2.24. The summed E-state index contributed by atoms with van der Waals surface area (Å²) in [6.45, 7) is 4.54. The molecule has 0 bridgehead atoms. The van der Waals surface area contributed by atoms with Gasteiger partial charge in [-0.05, 0) is 19.5 Å². The standard InChI is InChI=1S/C19H28N6O2/c1-15-6-5-7-16(12-15)14-21-24-17-13-18(25(3)9-11-26-4)23-19(22-17)27-10-8-20-2/h5-7,12-14,20H,8-11H2,1-4H3,(H,22,23,24). The second-order valence-corrected chi connectivity index (χ2v) is 6.04. The number of rotatable bonds is 11. The van der Waals surface area contributed by atoms with E-state index in [0.29, 0.717) is 38.1 Å². The van der Waals surface area contributed by atoms with Gasteiger partial charge < -0.3 is 19.7 Å². The summed E-state index contributed by atoms with van der Waals surface area (Å²) in [7, 11) is 5.48. The molecule has 0 amide bonds. The molecular weight excluding hydrogens is 344 g/mol. The van der Waals surface area contributed by atoms with Crippen LogP contribution in [-0.2, 0) is 4.74 Å². The number of ether oxygens (including phenoxy) is 2. The van der Waals surface area contributed by atoms with Crippen molar-refractivity contribution < 1.29 is 9.47 Å².